The van der Waals surface area contributed by atoms with Crippen LogP contribution >= 0.6 is 0 Å². The average molecular weight is 463 g/mol. The molecule has 6 aromatic carbocycles. The second-order valence-electron chi connectivity index (χ2n) is 9.04. The number of hydrogen-bond donors (Lipinski definition) is 0. The Morgan fingerprint density at radius 2 is 0.829 bits per heavy atom. The van der Waals surface area contributed by atoms with Crippen molar-refractivity contribution in [2.24, 2.45) is 0 Å². The molecule has 0 unspecified atom stereocenters. The molecule has 170 valence electrons. The van der Waals surface area contributed by atoms with E-state index in [0.717, 1.165) is 44.8 Å². The summed E-state index contributed by atoms with van der Waals surface area (Å²) in [6.07, 6.45) is -4.34. The summed E-state index contributed by atoms with van der Waals surface area (Å²) in [6, 6.07) is 35.1. The van der Waals surface area contributed by atoms with E-state index >= 15 is 0 Å². The third-order valence-electron chi connectivity index (χ3n) is 6.77. The Balaban J connectivity index is 1.51. The lowest BCUT2D eigenvalue weighted by Crippen LogP contribution is -2.03. The Bertz CT molecular complexity index is 1710. The molecule has 0 aliphatic rings. The van der Waals surface area contributed by atoms with Crippen molar-refractivity contribution in [2.45, 2.75) is 13.1 Å². The molecule has 0 radical (unpaired) electrons. The van der Waals surface area contributed by atoms with Gasteiger partial charge in [0.25, 0.3) is 0 Å². The molecule has 6 rings (SSSR count). The van der Waals surface area contributed by atoms with Gasteiger partial charge < -0.3 is 0 Å². The summed E-state index contributed by atoms with van der Waals surface area (Å²) in [5.41, 5.74) is 4.61. The highest BCUT2D eigenvalue weighted by molar-refractivity contribution is 6.18. The smallest absolute Gasteiger partial charge is 0.166 e. The predicted octanol–water partition coefficient (Wildman–Crippen LogP) is 9.81. The first-order valence-corrected chi connectivity index (χ1v) is 11.5. The molecule has 0 saturated carbocycles. The fourth-order valence-electron chi connectivity index (χ4n) is 4.82. The molecule has 0 saturated heterocycles. The molecule has 0 nitrogen and oxygen atoms in total. The lowest BCUT2D eigenvalue weighted by atomic mass is 9.93. The Labute approximate surface area is 201 Å². The molecule has 0 aromatic heterocycles. The van der Waals surface area contributed by atoms with Gasteiger partial charge in [0.15, 0.2) is 0 Å². The number of alkyl halides is 3. The van der Waals surface area contributed by atoms with Crippen molar-refractivity contribution < 1.29 is 13.2 Å². The van der Waals surface area contributed by atoms with Crippen molar-refractivity contribution in [1.82, 2.24) is 0 Å². The van der Waals surface area contributed by atoms with Gasteiger partial charge in [0.1, 0.15) is 0 Å². The van der Waals surface area contributed by atoms with Gasteiger partial charge in [-0.25, -0.2) is 0 Å². The Kier molecular flexibility index (Phi) is 4.89. The largest absolute Gasteiger partial charge is 0.416 e. The molecule has 35 heavy (non-hydrogen) atoms. The van der Waals surface area contributed by atoms with E-state index in [4.69, 9.17) is 0 Å². The van der Waals surface area contributed by atoms with Crippen LogP contribution in [0.25, 0.3) is 54.6 Å². The first-order valence-electron chi connectivity index (χ1n) is 11.5. The molecule has 3 heteroatoms. The minimum atomic E-state index is -4.34. The van der Waals surface area contributed by atoms with Crippen molar-refractivity contribution in [2.75, 3.05) is 0 Å². The SMILES string of the molecule is Cc1ccc(-c2ccc3ccc4c5cc(-c6ccc(C(F)(F)F)cc6)ccc5ccc4c3c2)cc1. The highest BCUT2D eigenvalue weighted by Crippen LogP contribution is 2.36. The highest BCUT2D eigenvalue weighted by atomic mass is 19.4. The van der Waals surface area contributed by atoms with E-state index in [9.17, 15) is 13.2 Å². The molecule has 0 N–H and O–H groups in total. The van der Waals surface area contributed by atoms with E-state index in [1.165, 1.54) is 27.5 Å². The van der Waals surface area contributed by atoms with Crippen LogP contribution < -0.4 is 0 Å². The summed E-state index contributed by atoms with van der Waals surface area (Å²) in [4.78, 5) is 0. The fourth-order valence-corrected chi connectivity index (χ4v) is 4.82. The van der Waals surface area contributed by atoms with Crippen LogP contribution in [0.4, 0.5) is 13.2 Å². The van der Waals surface area contributed by atoms with E-state index in [1.807, 2.05) is 12.1 Å². The quantitative estimate of drug-likeness (QED) is 0.225. The standard InChI is InChI=1S/C32H21F3/c1-20-2-4-21(5-3-20)25-8-6-23-12-17-29-28(30(23)18-25)16-13-24-7-9-26(19-31(24)29)22-10-14-27(15-11-22)32(33,34)35/h2-19H,1H3. The zero-order valence-electron chi connectivity index (χ0n) is 19.0. The lowest BCUT2D eigenvalue weighted by molar-refractivity contribution is -0.137. The fraction of sp³-hybridized carbons (Fsp3) is 0.0625. The molecule has 0 heterocycles. The molecular weight excluding hydrogens is 441 g/mol. The first kappa shape index (κ1) is 21.4. The van der Waals surface area contributed by atoms with Crippen LogP contribution in [0.15, 0.2) is 109 Å². The Hall–Kier alpha value is -4.11. The van der Waals surface area contributed by atoms with E-state index in [-0.39, 0.29) is 0 Å². The van der Waals surface area contributed by atoms with Gasteiger partial charge in [0, 0.05) is 0 Å². The van der Waals surface area contributed by atoms with Gasteiger partial charge in [-0.1, -0.05) is 90.5 Å². The van der Waals surface area contributed by atoms with Crippen LogP contribution in [0, 0.1) is 6.92 Å². The molecule has 0 fully saturated rings. The molecule has 0 amide bonds. The van der Waals surface area contributed by atoms with Gasteiger partial charge in [-0.3, -0.25) is 0 Å². The number of hydrogen-bond acceptors (Lipinski definition) is 0. The van der Waals surface area contributed by atoms with Crippen molar-refractivity contribution >= 4 is 32.3 Å². The van der Waals surface area contributed by atoms with E-state index < -0.39 is 11.7 Å². The average Bonchev–Trinajstić information content (AvgIpc) is 2.87. The third kappa shape index (κ3) is 3.83. The summed E-state index contributed by atoms with van der Waals surface area (Å²) >= 11 is 0. The normalized spacial score (nSPS) is 12.0. The van der Waals surface area contributed by atoms with Gasteiger partial charge >= 0.3 is 6.18 Å². The van der Waals surface area contributed by atoms with Gasteiger partial charge in [0.05, 0.1) is 5.56 Å². The summed E-state index contributed by atoms with van der Waals surface area (Å²) in [7, 11) is 0. The zero-order valence-corrected chi connectivity index (χ0v) is 19.0. The van der Waals surface area contributed by atoms with Gasteiger partial charge in [-0.2, -0.15) is 13.2 Å². The molecule has 0 spiro atoms. The number of rotatable bonds is 2. The molecule has 0 aliphatic heterocycles. The summed E-state index contributed by atoms with van der Waals surface area (Å²) < 4.78 is 39.0. The third-order valence-corrected chi connectivity index (χ3v) is 6.77. The number of halogens is 3. The Morgan fingerprint density at radius 3 is 1.29 bits per heavy atom. The van der Waals surface area contributed by atoms with Gasteiger partial charge in [-0.05, 0) is 85.8 Å². The number of benzene rings is 6. The van der Waals surface area contributed by atoms with Crippen LogP contribution in [-0.4, -0.2) is 0 Å². The zero-order chi connectivity index (χ0) is 24.2. The van der Waals surface area contributed by atoms with Crippen LogP contribution in [-0.2, 0) is 6.18 Å². The van der Waals surface area contributed by atoms with E-state index in [1.54, 1.807) is 12.1 Å². The second kappa shape index (κ2) is 7.99. The summed E-state index contributed by atoms with van der Waals surface area (Å²) in [6.45, 7) is 2.09. The molecule has 6 aromatic rings. The monoisotopic (exact) mass is 462 g/mol. The highest BCUT2D eigenvalue weighted by Gasteiger charge is 2.29. The summed E-state index contributed by atoms with van der Waals surface area (Å²) in [5.74, 6) is 0. The van der Waals surface area contributed by atoms with Gasteiger partial charge in [-0.15, -0.1) is 0 Å². The van der Waals surface area contributed by atoms with Crippen LogP contribution in [0.2, 0.25) is 0 Å². The van der Waals surface area contributed by atoms with Crippen LogP contribution in [0.3, 0.4) is 0 Å². The minimum absolute atomic E-state index is 0.636. The van der Waals surface area contributed by atoms with Crippen LogP contribution in [0.1, 0.15) is 11.1 Å². The number of fused-ring (bicyclic) bond motifs is 5. The first-order chi connectivity index (χ1) is 16.9. The van der Waals surface area contributed by atoms with Crippen LogP contribution in [0.5, 0.6) is 0 Å². The van der Waals surface area contributed by atoms with Crippen molar-refractivity contribution in [3.05, 3.63) is 120 Å². The van der Waals surface area contributed by atoms with Crippen molar-refractivity contribution in [3.8, 4) is 22.3 Å². The van der Waals surface area contributed by atoms with Gasteiger partial charge in [0.2, 0.25) is 0 Å². The lowest BCUT2D eigenvalue weighted by Gasteiger charge is -2.12. The number of aryl methyl sites for hydroxylation is 1. The maximum atomic E-state index is 13.0. The maximum Gasteiger partial charge on any atom is 0.416 e. The van der Waals surface area contributed by atoms with E-state index in [2.05, 4.69) is 79.7 Å². The minimum Gasteiger partial charge on any atom is -0.166 e. The van der Waals surface area contributed by atoms with E-state index in [0.29, 0.717) is 0 Å². The Morgan fingerprint density at radius 1 is 0.429 bits per heavy atom. The molecular formula is C32H21F3. The van der Waals surface area contributed by atoms with Crippen molar-refractivity contribution in [3.63, 3.8) is 0 Å². The maximum absolute atomic E-state index is 13.0. The second-order valence-corrected chi connectivity index (χ2v) is 9.04. The predicted molar refractivity (Wildman–Crippen MR) is 140 cm³/mol. The molecule has 0 aliphatic carbocycles. The summed E-state index contributed by atoms with van der Waals surface area (Å²) in [5, 5.41) is 6.83. The molecule has 0 bridgehead atoms. The van der Waals surface area contributed by atoms with Crippen molar-refractivity contribution in [1.29, 1.82) is 0 Å². The topological polar surface area (TPSA) is 0 Å². The molecule has 0 atom stereocenters.